The molecule has 0 aliphatic heterocycles. The van der Waals surface area contributed by atoms with Crippen LogP contribution in [0.2, 0.25) is 0 Å². The predicted octanol–water partition coefficient (Wildman–Crippen LogP) is 2.78. The highest BCUT2D eigenvalue weighted by atomic mass is 16.2. The van der Waals surface area contributed by atoms with E-state index in [0.29, 0.717) is 0 Å². The van der Waals surface area contributed by atoms with Gasteiger partial charge < -0.3 is 11.1 Å². The molecule has 1 rings (SSSR count). The first-order valence-corrected chi connectivity index (χ1v) is 7.86. The number of nitrogens with one attached hydrogen (secondary N) is 1. The number of amides is 1. The average Bonchev–Trinajstić information content (AvgIpc) is 2.46. The van der Waals surface area contributed by atoms with Crippen LogP contribution in [0.1, 0.15) is 46.1 Å². The molecule has 2 unspecified atom stereocenters. The molecule has 3 N–H and O–H groups in total. The maximum atomic E-state index is 12.3. The van der Waals surface area contributed by atoms with Crippen LogP contribution in [0.4, 0.5) is 5.69 Å². The van der Waals surface area contributed by atoms with E-state index in [-0.39, 0.29) is 18.0 Å². The monoisotopic (exact) mass is 291 g/mol. The molecule has 0 aliphatic carbocycles. The molecule has 4 nitrogen and oxygen atoms in total. The Morgan fingerprint density at radius 3 is 2.38 bits per heavy atom. The summed E-state index contributed by atoms with van der Waals surface area (Å²) >= 11 is 0. The Labute approximate surface area is 128 Å². The maximum Gasteiger partial charge on any atom is 0.237 e. The van der Waals surface area contributed by atoms with Crippen LogP contribution in [0.5, 0.6) is 0 Å². The van der Waals surface area contributed by atoms with Gasteiger partial charge in [-0.15, -0.1) is 0 Å². The molecule has 0 saturated heterocycles. The quantitative estimate of drug-likeness (QED) is 0.724. The topological polar surface area (TPSA) is 58.4 Å². The van der Waals surface area contributed by atoms with Crippen LogP contribution in [0.15, 0.2) is 24.3 Å². The highest BCUT2D eigenvalue weighted by molar-refractivity contribution is 5.81. The smallest absolute Gasteiger partial charge is 0.237 e. The lowest BCUT2D eigenvalue weighted by atomic mass is 10.1. The molecular formula is C17H29N3O. The van der Waals surface area contributed by atoms with E-state index in [4.69, 9.17) is 5.73 Å². The van der Waals surface area contributed by atoms with Gasteiger partial charge in [-0.25, -0.2) is 0 Å². The third-order valence-corrected chi connectivity index (χ3v) is 3.81. The standard InChI is InChI=1S/C17H29N3O/c1-5-7-13(3)19-17(21)14(4)20(6-2)12-15-8-10-16(18)11-9-15/h8-11,13-14H,5-7,12,18H2,1-4H3,(H,19,21). The van der Waals surface area contributed by atoms with Crippen molar-refractivity contribution in [2.24, 2.45) is 0 Å². The number of nitrogens with two attached hydrogens (primary N) is 1. The van der Waals surface area contributed by atoms with Crippen molar-refractivity contribution in [3.05, 3.63) is 29.8 Å². The summed E-state index contributed by atoms with van der Waals surface area (Å²) in [6.07, 6.45) is 2.10. The first-order chi connectivity index (χ1) is 9.97. The zero-order valence-corrected chi connectivity index (χ0v) is 13.7. The number of benzene rings is 1. The van der Waals surface area contributed by atoms with E-state index < -0.39 is 0 Å². The van der Waals surface area contributed by atoms with E-state index >= 15 is 0 Å². The molecule has 0 heterocycles. The minimum Gasteiger partial charge on any atom is -0.399 e. The summed E-state index contributed by atoms with van der Waals surface area (Å²) in [5, 5.41) is 3.09. The molecule has 0 fully saturated rings. The minimum absolute atomic E-state index is 0.105. The lowest BCUT2D eigenvalue weighted by molar-refractivity contribution is -0.126. The lowest BCUT2D eigenvalue weighted by Gasteiger charge is -2.28. The van der Waals surface area contributed by atoms with Crippen molar-refractivity contribution in [3.63, 3.8) is 0 Å². The summed E-state index contributed by atoms with van der Waals surface area (Å²) in [6, 6.07) is 7.94. The van der Waals surface area contributed by atoms with Gasteiger partial charge in [0, 0.05) is 18.3 Å². The van der Waals surface area contributed by atoms with Crippen LogP contribution in [0, 0.1) is 0 Å². The van der Waals surface area contributed by atoms with Crippen LogP contribution in [-0.2, 0) is 11.3 Å². The molecular weight excluding hydrogens is 262 g/mol. The first-order valence-electron chi connectivity index (χ1n) is 7.86. The van der Waals surface area contributed by atoms with E-state index in [0.717, 1.165) is 31.6 Å². The highest BCUT2D eigenvalue weighted by Crippen LogP contribution is 2.11. The van der Waals surface area contributed by atoms with Crippen molar-refractivity contribution in [3.8, 4) is 0 Å². The Hall–Kier alpha value is -1.55. The number of anilines is 1. The number of rotatable bonds is 8. The molecule has 4 heteroatoms. The third kappa shape index (κ3) is 5.76. The van der Waals surface area contributed by atoms with Crippen LogP contribution in [-0.4, -0.2) is 29.4 Å². The Morgan fingerprint density at radius 2 is 1.86 bits per heavy atom. The Balaban J connectivity index is 2.61. The van der Waals surface area contributed by atoms with Gasteiger partial charge in [-0.1, -0.05) is 32.4 Å². The number of nitrogens with zero attached hydrogens (tertiary/aromatic N) is 1. The van der Waals surface area contributed by atoms with Crippen molar-refractivity contribution in [1.29, 1.82) is 0 Å². The second-order valence-electron chi connectivity index (χ2n) is 5.68. The number of carbonyl (C=O) groups is 1. The Kier molecular flexibility index (Phi) is 7.23. The highest BCUT2D eigenvalue weighted by Gasteiger charge is 2.21. The lowest BCUT2D eigenvalue weighted by Crippen LogP contribution is -2.47. The largest absolute Gasteiger partial charge is 0.399 e. The second-order valence-corrected chi connectivity index (χ2v) is 5.68. The summed E-state index contributed by atoms with van der Waals surface area (Å²) in [4.78, 5) is 14.5. The fourth-order valence-electron chi connectivity index (χ4n) is 2.41. The normalized spacial score (nSPS) is 14.0. The molecule has 0 bridgehead atoms. The van der Waals surface area contributed by atoms with E-state index in [1.54, 1.807) is 0 Å². The molecule has 0 radical (unpaired) electrons. The van der Waals surface area contributed by atoms with Gasteiger partial charge in [-0.2, -0.15) is 0 Å². The second kappa shape index (κ2) is 8.67. The van der Waals surface area contributed by atoms with E-state index in [2.05, 4.69) is 31.0 Å². The van der Waals surface area contributed by atoms with Gasteiger partial charge in [0.1, 0.15) is 0 Å². The minimum atomic E-state index is -0.133. The van der Waals surface area contributed by atoms with Gasteiger partial charge in [-0.05, 0) is 44.5 Å². The zero-order valence-electron chi connectivity index (χ0n) is 13.7. The molecule has 1 aromatic rings. The SMILES string of the molecule is CCCC(C)NC(=O)C(C)N(CC)Cc1ccc(N)cc1. The fourth-order valence-corrected chi connectivity index (χ4v) is 2.41. The average molecular weight is 291 g/mol. The van der Waals surface area contributed by atoms with Crippen molar-refractivity contribution >= 4 is 11.6 Å². The summed E-state index contributed by atoms with van der Waals surface area (Å²) in [7, 11) is 0. The molecule has 0 aromatic heterocycles. The fraction of sp³-hybridized carbons (Fsp3) is 0.588. The van der Waals surface area contributed by atoms with E-state index in [9.17, 15) is 4.79 Å². The molecule has 0 spiro atoms. The molecule has 1 aromatic carbocycles. The summed E-state index contributed by atoms with van der Waals surface area (Å²) in [5.74, 6) is 0.105. The van der Waals surface area contributed by atoms with Crippen molar-refractivity contribution in [2.45, 2.75) is 59.2 Å². The van der Waals surface area contributed by atoms with Crippen LogP contribution in [0.3, 0.4) is 0 Å². The van der Waals surface area contributed by atoms with Crippen LogP contribution in [0.25, 0.3) is 0 Å². The molecule has 1 amide bonds. The number of nitrogen functional groups attached to an aromatic ring is 1. The Bertz CT molecular complexity index is 430. The Morgan fingerprint density at radius 1 is 1.24 bits per heavy atom. The number of hydrogen-bond donors (Lipinski definition) is 2. The predicted molar refractivity (Wildman–Crippen MR) is 88.9 cm³/mol. The number of carbonyl (C=O) groups excluding carboxylic acids is 1. The van der Waals surface area contributed by atoms with Gasteiger partial charge in [0.05, 0.1) is 6.04 Å². The summed E-state index contributed by atoms with van der Waals surface area (Å²) < 4.78 is 0. The summed E-state index contributed by atoms with van der Waals surface area (Å²) in [6.45, 7) is 9.83. The van der Waals surface area contributed by atoms with E-state index in [1.165, 1.54) is 5.56 Å². The van der Waals surface area contributed by atoms with Gasteiger partial charge in [0.25, 0.3) is 0 Å². The molecule has 118 valence electrons. The first kappa shape index (κ1) is 17.5. The molecule has 2 atom stereocenters. The number of likely N-dealkylation sites (N-methyl/N-ethyl adjacent to an activating group) is 1. The van der Waals surface area contributed by atoms with Gasteiger partial charge in [-0.3, -0.25) is 9.69 Å². The van der Waals surface area contributed by atoms with E-state index in [1.807, 2.05) is 31.2 Å². The van der Waals surface area contributed by atoms with Crippen molar-refractivity contribution in [1.82, 2.24) is 10.2 Å². The zero-order chi connectivity index (χ0) is 15.8. The molecule has 0 aliphatic rings. The van der Waals surface area contributed by atoms with Crippen molar-refractivity contribution < 1.29 is 4.79 Å². The molecule has 0 saturated carbocycles. The van der Waals surface area contributed by atoms with Gasteiger partial charge in [0.2, 0.25) is 5.91 Å². The molecule has 21 heavy (non-hydrogen) atoms. The van der Waals surface area contributed by atoms with Gasteiger partial charge in [0.15, 0.2) is 0 Å². The van der Waals surface area contributed by atoms with Gasteiger partial charge >= 0.3 is 0 Å². The maximum absolute atomic E-state index is 12.3. The number of hydrogen-bond acceptors (Lipinski definition) is 3. The third-order valence-electron chi connectivity index (χ3n) is 3.81. The van der Waals surface area contributed by atoms with Crippen LogP contribution >= 0.6 is 0 Å². The van der Waals surface area contributed by atoms with Crippen LogP contribution < -0.4 is 11.1 Å². The van der Waals surface area contributed by atoms with Crippen molar-refractivity contribution in [2.75, 3.05) is 12.3 Å². The summed E-state index contributed by atoms with van der Waals surface area (Å²) in [5.41, 5.74) is 7.64.